The monoisotopic (exact) mass is 633 g/mol. The van der Waals surface area contributed by atoms with Crippen LogP contribution in [0.15, 0.2) is 108 Å². The van der Waals surface area contributed by atoms with E-state index < -0.39 is 0 Å². The van der Waals surface area contributed by atoms with E-state index >= 15 is 0 Å². The van der Waals surface area contributed by atoms with Gasteiger partial charge in [0.1, 0.15) is 5.78 Å². The molecule has 2 heterocycles. The first kappa shape index (κ1) is 30.6. The zero-order valence-electron chi connectivity index (χ0n) is 27.5. The third kappa shape index (κ3) is 5.81. The fourth-order valence-corrected chi connectivity index (χ4v) is 8.48. The molecule has 242 valence electrons. The molecule has 1 aromatic heterocycles. The number of likely N-dealkylation sites (tertiary alicyclic amines) is 1. The number of nitrogen functional groups attached to an aromatic ring is 1. The predicted octanol–water partition coefficient (Wildman–Crippen LogP) is 8.62. The summed E-state index contributed by atoms with van der Waals surface area (Å²) in [7, 11) is 0. The molecule has 1 saturated heterocycles. The standard InChI is InChI=1S/C43H43N3O2/c44-40-26-39-38(42(47)21-16-29-22-24-45(25-23-29)27-30-8-2-1-3-9-30)14-7-15-41(39)46(43(40)48)28-32-11-6-13-35-34(32)19-20-36-33-12-5-4-10-31(33)17-18-37(35)36/h1-6,8-13,17-20,26,29,38H,7,14-16,21-25,27-28,44H2. The molecular weight excluding hydrogens is 590 g/mol. The van der Waals surface area contributed by atoms with Crippen LogP contribution in [0, 0.1) is 5.92 Å². The highest BCUT2D eigenvalue weighted by Crippen LogP contribution is 2.36. The van der Waals surface area contributed by atoms with Crippen molar-refractivity contribution in [1.82, 2.24) is 9.47 Å². The number of nitrogens with zero attached hydrogens (tertiary/aromatic N) is 2. The second-order valence-electron chi connectivity index (χ2n) is 14.0. The van der Waals surface area contributed by atoms with Gasteiger partial charge in [0, 0.05) is 24.6 Å². The summed E-state index contributed by atoms with van der Waals surface area (Å²) in [6, 6.07) is 36.2. The molecule has 0 bridgehead atoms. The summed E-state index contributed by atoms with van der Waals surface area (Å²) < 4.78 is 1.87. The van der Waals surface area contributed by atoms with Crippen molar-refractivity contribution in [1.29, 1.82) is 0 Å². The van der Waals surface area contributed by atoms with E-state index in [4.69, 9.17) is 5.73 Å². The minimum absolute atomic E-state index is 0.159. The SMILES string of the molecule is Nc1cc2c(n(Cc3cccc4c3ccc3c5ccccc5ccc43)c1=O)CCCC2C(=O)CCC1CCN(Cc2ccccc2)CC1. The highest BCUT2D eigenvalue weighted by Gasteiger charge is 2.30. The molecule has 5 heteroatoms. The van der Waals surface area contributed by atoms with Crippen LogP contribution in [0.25, 0.3) is 32.3 Å². The number of ketones is 1. The van der Waals surface area contributed by atoms with Crippen molar-refractivity contribution in [2.75, 3.05) is 18.8 Å². The number of fused-ring (bicyclic) bond motifs is 6. The molecule has 0 spiro atoms. The number of pyridine rings is 1. The van der Waals surface area contributed by atoms with E-state index in [1.807, 2.05) is 10.6 Å². The van der Waals surface area contributed by atoms with E-state index in [0.29, 0.717) is 24.7 Å². The van der Waals surface area contributed by atoms with Gasteiger partial charge in [0.2, 0.25) is 0 Å². The number of aromatic nitrogens is 1. The van der Waals surface area contributed by atoms with Crippen LogP contribution < -0.4 is 11.3 Å². The summed E-state index contributed by atoms with van der Waals surface area (Å²) in [5, 5.41) is 7.24. The first-order valence-electron chi connectivity index (χ1n) is 17.7. The van der Waals surface area contributed by atoms with Gasteiger partial charge in [-0.25, -0.2) is 0 Å². The summed E-state index contributed by atoms with van der Waals surface area (Å²) >= 11 is 0. The molecule has 1 aliphatic carbocycles. The van der Waals surface area contributed by atoms with Crippen molar-refractivity contribution < 1.29 is 4.79 Å². The molecule has 2 N–H and O–H groups in total. The smallest absolute Gasteiger partial charge is 0.274 e. The van der Waals surface area contributed by atoms with Crippen molar-refractivity contribution in [2.24, 2.45) is 5.92 Å². The lowest BCUT2D eigenvalue weighted by Gasteiger charge is -2.32. The van der Waals surface area contributed by atoms with E-state index in [1.54, 1.807) is 0 Å². The second kappa shape index (κ2) is 13.0. The Hall–Kier alpha value is -4.74. The fourth-order valence-electron chi connectivity index (χ4n) is 8.48. The summed E-state index contributed by atoms with van der Waals surface area (Å²) in [6.45, 7) is 3.61. The number of hydrogen-bond acceptors (Lipinski definition) is 4. The van der Waals surface area contributed by atoms with Crippen molar-refractivity contribution in [2.45, 2.75) is 64.0 Å². The van der Waals surface area contributed by atoms with E-state index in [0.717, 1.165) is 80.4 Å². The lowest BCUT2D eigenvalue weighted by molar-refractivity contribution is -0.121. The summed E-state index contributed by atoms with van der Waals surface area (Å²) in [4.78, 5) is 30.0. The summed E-state index contributed by atoms with van der Waals surface area (Å²) in [5.74, 6) is 0.699. The number of hydrogen-bond donors (Lipinski definition) is 1. The zero-order valence-corrected chi connectivity index (χ0v) is 27.5. The molecule has 1 atom stereocenters. The Morgan fingerprint density at radius 2 is 1.44 bits per heavy atom. The molecule has 1 fully saturated rings. The number of anilines is 1. The molecule has 5 aromatic carbocycles. The minimum Gasteiger partial charge on any atom is -0.394 e. The number of carbonyl (C=O) groups is 1. The number of Topliss-reactive ketones (excluding diaryl/α,β-unsaturated/α-hetero) is 1. The number of carbonyl (C=O) groups excluding carboxylic acids is 1. The molecular formula is C43H43N3O2. The maximum atomic E-state index is 13.8. The Morgan fingerprint density at radius 3 is 2.29 bits per heavy atom. The molecule has 0 radical (unpaired) electrons. The van der Waals surface area contributed by atoms with Gasteiger partial charge in [-0.15, -0.1) is 0 Å². The Morgan fingerprint density at radius 1 is 0.729 bits per heavy atom. The van der Waals surface area contributed by atoms with Crippen LogP contribution in [0.2, 0.25) is 0 Å². The van der Waals surface area contributed by atoms with Crippen LogP contribution in [-0.2, 0) is 24.3 Å². The zero-order chi connectivity index (χ0) is 32.6. The van der Waals surface area contributed by atoms with Crippen molar-refractivity contribution in [3.8, 4) is 0 Å². The highest BCUT2D eigenvalue weighted by molar-refractivity contribution is 6.17. The van der Waals surface area contributed by atoms with Crippen LogP contribution >= 0.6 is 0 Å². The number of piperidine rings is 1. The van der Waals surface area contributed by atoms with Crippen molar-refractivity contribution >= 4 is 43.8 Å². The van der Waals surface area contributed by atoms with Crippen LogP contribution in [0.1, 0.15) is 66.8 Å². The molecule has 0 amide bonds. The first-order valence-corrected chi connectivity index (χ1v) is 17.7. The van der Waals surface area contributed by atoms with Crippen LogP contribution in [-0.4, -0.2) is 28.3 Å². The molecule has 48 heavy (non-hydrogen) atoms. The lowest BCUT2D eigenvalue weighted by atomic mass is 9.80. The van der Waals surface area contributed by atoms with Gasteiger partial charge in [0.15, 0.2) is 0 Å². The molecule has 8 rings (SSSR count). The quantitative estimate of drug-likeness (QED) is 0.171. The third-order valence-corrected chi connectivity index (χ3v) is 11.1. The van der Waals surface area contributed by atoms with Gasteiger partial charge in [0.25, 0.3) is 5.56 Å². The van der Waals surface area contributed by atoms with Gasteiger partial charge in [-0.2, -0.15) is 0 Å². The van der Waals surface area contributed by atoms with Gasteiger partial charge in [0.05, 0.1) is 12.2 Å². The maximum Gasteiger partial charge on any atom is 0.274 e. The van der Waals surface area contributed by atoms with Gasteiger partial charge < -0.3 is 10.3 Å². The average molecular weight is 634 g/mol. The van der Waals surface area contributed by atoms with Crippen LogP contribution in [0.5, 0.6) is 0 Å². The Kier molecular flexibility index (Phi) is 8.31. The number of nitrogens with two attached hydrogens (primary N) is 1. The van der Waals surface area contributed by atoms with Crippen LogP contribution in [0.4, 0.5) is 5.69 Å². The lowest BCUT2D eigenvalue weighted by Crippen LogP contribution is -2.34. The highest BCUT2D eigenvalue weighted by atomic mass is 16.1. The largest absolute Gasteiger partial charge is 0.394 e. The Bertz CT molecular complexity index is 2190. The van der Waals surface area contributed by atoms with Gasteiger partial charge >= 0.3 is 0 Å². The van der Waals surface area contributed by atoms with Crippen LogP contribution in [0.3, 0.4) is 0 Å². The molecule has 5 nitrogen and oxygen atoms in total. The first-order chi connectivity index (χ1) is 23.5. The maximum absolute atomic E-state index is 13.8. The van der Waals surface area contributed by atoms with Gasteiger partial charge in [-0.3, -0.25) is 14.5 Å². The Balaban J connectivity index is 1.02. The molecule has 2 aliphatic rings. The van der Waals surface area contributed by atoms with E-state index in [2.05, 4.69) is 102 Å². The Labute approximate surface area is 282 Å². The average Bonchev–Trinajstić information content (AvgIpc) is 3.13. The van der Waals surface area contributed by atoms with Gasteiger partial charge in [-0.1, -0.05) is 97.1 Å². The van der Waals surface area contributed by atoms with E-state index in [1.165, 1.54) is 32.5 Å². The molecule has 1 aliphatic heterocycles. The minimum atomic E-state index is -0.189. The molecule has 0 saturated carbocycles. The third-order valence-electron chi connectivity index (χ3n) is 11.1. The molecule has 1 unspecified atom stereocenters. The number of benzene rings is 5. The predicted molar refractivity (Wildman–Crippen MR) is 198 cm³/mol. The topological polar surface area (TPSA) is 68.3 Å². The summed E-state index contributed by atoms with van der Waals surface area (Å²) in [6.07, 6.45) is 6.34. The van der Waals surface area contributed by atoms with E-state index in [-0.39, 0.29) is 17.2 Å². The number of rotatable bonds is 8. The second-order valence-corrected chi connectivity index (χ2v) is 14.0. The van der Waals surface area contributed by atoms with Crippen molar-refractivity contribution in [3.63, 3.8) is 0 Å². The van der Waals surface area contributed by atoms with Gasteiger partial charge in [-0.05, 0) is 113 Å². The van der Waals surface area contributed by atoms with Crippen molar-refractivity contribution in [3.05, 3.63) is 136 Å². The van der Waals surface area contributed by atoms with E-state index in [9.17, 15) is 9.59 Å². The molecule has 6 aromatic rings. The normalized spacial score (nSPS) is 17.2. The fraction of sp³-hybridized carbons (Fsp3) is 0.302. The summed E-state index contributed by atoms with van der Waals surface area (Å²) in [5.41, 5.74) is 10.9.